The Hall–Kier alpha value is -1.75. The van der Waals surface area contributed by atoms with Crippen molar-refractivity contribution in [2.24, 2.45) is 5.41 Å². The zero-order valence-corrected chi connectivity index (χ0v) is 12.6. The molecular formula is C16H21N3O2. The van der Waals surface area contributed by atoms with Gasteiger partial charge >= 0.3 is 6.03 Å². The lowest BCUT2D eigenvalue weighted by Crippen LogP contribution is -2.73. The van der Waals surface area contributed by atoms with E-state index in [1.54, 1.807) is 0 Å². The van der Waals surface area contributed by atoms with Crippen molar-refractivity contribution in [2.45, 2.75) is 19.9 Å². The number of hydrogen-bond acceptors (Lipinski definition) is 3. The van der Waals surface area contributed by atoms with Gasteiger partial charge in [0.2, 0.25) is 0 Å². The fourth-order valence-corrected chi connectivity index (χ4v) is 3.50. The van der Waals surface area contributed by atoms with Gasteiger partial charge in [-0.2, -0.15) is 0 Å². The van der Waals surface area contributed by atoms with Crippen LogP contribution in [0.2, 0.25) is 0 Å². The number of urea groups is 1. The SMILES string of the molecule is Cc1ccc2c(c1)OCC(C)N2C(=O)N1CC2(CNC2)C1. The highest BCUT2D eigenvalue weighted by Crippen LogP contribution is 2.39. The lowest BCUT2D eigenvalue weighted by atomic mass is 9.74. The molecule has 112 valence electrons. The monoisotopic (exact) mass is 287 g/mol. The number of fused-ring (bicyclic) bond motifs is 1. The topological polar surface area (TPSA) is 44.8 Å². The van der Waals surface area contributed by atoms with Crippen molar-refractivity contribution >= 4 is 11.7 Å². The molecule has 0 aromatic heterocycles. The molecule has 1 spiro atoms. The van der Waals surface area contributed by atoms with E-state index in [0.717, 1.165) is 43.2 Å². The quantitative estimate of drug-likeness (QED) is 0.788. The van der Waals surface area contributed by atoms with E-state index < -0.39 is 0 Å². The lowest BCUT2D eigenvalue weighted by Gasteiger charge is -2.57. The first-order chi connectivity index (χ1) is 10.1. The van der Waals surface area contributed by atoms with Crippen molar-refractivity contribution in [1.29, 1.82) is 0 Å². The number of amides is 2. The van der Waals surface area contributed by atoms with Gasteiger partial charge in [0.1, 0.15) is 12.4 Å². The van der Waals surface area contributed by atoms with E-state index in [-0.39, 0.29) is 12.1 Å². The zero-order valence-electron chi connectivity index (χ0n) is 12.6. The van der Waals surface area contributed by atoms with Gasteiger partial charge in [-0.05, 0) is 31.5 Å². The first-order valence-electron chi connectivity index (χ1n) is 7.60. The maximum absolute atomic E-state index is 12.8. The van der Waals surface area contributed by atoms with Crippen LogP contribution in [0.1, 0.15) is 12.5 Å². The molecule has 1 unspecified atom stereocenters. The van der Waals surface area contributed by atoms with Crippen LogP contribution in [0, 0.1) is 12.3 Å². The summed E-state index contributed by atoms with van der Waals surface area (Å²) in [4.78, 5) is 16.7. The molecule has 1 aromatic carbocycles. The van der Waals surface area contributed by atoms with Gasteiger partial charge in [0, 0.05) is 31.6 Å². The third kappa shape index (κ3) is 1.91. The van der Waals surface area contributed by atoms with Gasteiger partial charge in [0.05, 0.1) is 11.7 Å². The minimum absolute atomic E-state index is 0.0729. The van der Waals surface area contributed by atoms with E-state index in [4.69, 9.17) is 4.74 Å². The van der Waals surface area contributed by atoms with Crippen molar-refractivity contribution < 1.29 is 9.53 Å². The molecule has 2 saturated heterocycles. The summed E-state index contributed by atoms with van der Waals surface area (Å²) in [5.74, 6) is 0.821. The van der Waals surface area contributed by atoms with E-state index in [1.165, 1.54) is 0 Å². The highest BCUT2D eigenvalue weighted by molar-refractivity contribution is 5.95. The standard InChI is InChI=1S/C16H21N3O2/c1-11-3-4-13-14(5-11)21-6-12(2)19(13)15(20)18-9-16(10-18)7-17-8-16/h3-5,12,17H,6-10H2,1-2H3. The maximum Gasteiger partial charge on any atom is 0.325 e. The van der Waals surface area contributed by atoms with Crippen LogP contribution < -0.4 is 15.0 Å². The van der Waals surface area contributed by atoms with Gasteiger partial charge in [0.25, 0.3) is 0 Å². The Morgan fingerprint density at radius 3 is 2.81 bits per heavy atom. The molecule has 0 radical (unpaired) electrons. The van der Waals surface area contributed by atoms with Crippen molar-refractivity contribution in [3.05, 3.63) is 23.8 Å². The molecule has 2 amide bonds. The molecule has 1 atom stereocenters. The summed E-state index contributed by atoms with van der Waals surface area (Å²) in [7, 11) is 0. The summed E-state index contributed by atoms with van der Waals surface area (Å²) in [6.45, 7) is 8.49. The first-order valence-corrected chi connectivity index (χ1v) is 7.60. The highest BCUT2D eigenvalue weighted by atomic mass is 16.5. The van der Waals surface area contributed by atoms with E-state index in [9.17, 15) is 4.79 Å². The summed E-state index contributed by atoms with van der Waals surface area (Å²) in [6, 6.07) is 6.24. The molecule has 3 aliphatic rings. The predicted molar refractivity (Wildman–Crippen MR) is 80.9 cm³/mol. The summed E-state index contributed by atoms with van der Waals surface area (Å²) < 4.78 is 5.78. The van der Waals surface area contributed by atoms with Gasteiger partial charge in [0.15, 0.2) is 0 Å². The Morgan fingerprint density at radius 2 is 2.14 bits per heavy atom. The maximum atomic E-state index is 12.8. The van der Waals surface area contributed by atoms with Crippen LogP contribution in [0.3, 0.4) is 0 Å². The zero-order chi connectivity index (χ0) is 14.6. The normalized spacial score (nSPS) is 25.7. The van der Waals surface area contributed by atoms with E-state index >= 15 is 0 Å². The molecule has 21 heavy (non-hydrogen) atoms. The molecular weight excluding hydrogens is 266 g/mol. The van der Waals surface area contributed by atoms with Crippen LogP contribution in [0.25, 0.3) is 0 Å². The number of nitrogens with zero attached hydrogens (tertiary/aromatic N) is 2. The summed E-state index contributed by atoms with van der Waals surface area (Å²) >= 11 is 0. The molecule has 3 aliphatic heterocycles. The van der Waals surface area contributed by atoms with Crippen LogP contribution in [-0.4, -0.2) is 49.8 Å². The molecule has 0 saturated carbocycles. The molecule has 4 rings (SSSR count). The molecule has 1 aromatic rings. The molecule has 5 heteroatoms. The Morgan fingerprint density at radius 1 is 1.38 bits per heavy atom. The lowest BCUT2D eigenvalue weighted by molar-refractivity contribution is -0.00992. The highest BCUT2D eigenvalue weighted by Gasteiger charge is 2.50. The number of rotatable bonds is 0. The number of anilines is 1. The Balaban J connectivity index is 1.58. The fraction of sp³-hybridized carbons (Fsp3) is 0.562. The number of ether oxygens (including phenoxy) is 1. The Kier molecular flexibility index (Phi) is 2.70. The largest absolute Gasteiger partial charge is 0.489 e. The smallest absolute Gasteiger partial charge is 0.325 e. The van der Waals surface area contributed by atoms with Gasteiger partial charge in [-0.25, -0.2) is 4.79 Å². The second-order valence-corrected chi connectivity index (χ2v) is 6.74. The minimum Gasteiger partial charge on any atom is -0.489 e. The fourth-order valence-electron chi connectivity index (χ4n) is 3.50. The van der Waals surface area contributed by atoms with Crippen LogP contribution in [0.4, 0.5) is 10.5 Å². The molecule has 2 fully saturated rings. The van der Waals surface area contributed by atoms with Crippen molar-refractivity contribution in [2.75, 3.05) is 37.7 Å². The molecule has 0 bridgehead atoms. The molecule has 3 heterocycles. The van der Waals surface area contributed by atoms with E-state index in [1.807, 2.05) is 41.8 Å². The Labute approximate surface area is 124 Å². The number of likely N-dealkylation sites (tertiary alicyclic amines) is 1. The summed E-state index contributed by atoms with van der Waals surface area (Å²) in [5, 5.41) is 3.30. The molecule has 0 aliphatic carbocycles. The van der Waals surface area contributed by atoms with E-state index in [0.29, 0.717) is 12.0 Å². The number of hydrogen-bond donors (Lipinski definition) is 1. The number of nitrogens with one attached hydrogen (secondary N) is 1. The average molecular weight is 287 g/mol. The Bertz CT molecular complexity index is 589. The van der Waals surface area contributed by atoms with Gasteiger partial charge in [-0.15, -0.1) is 0 Å². The van der Waals surface area contributed by atoms with Crippen molar-refractivity contribution in [3.8, 4) is 5.75 Å². The van der Waals surface area contributed by atoms with E-state index in [2.05, 4.69) is 5.32 Å². The summed E-state index contributed by atoms with van der Waals surface area (Å²) in [6.07, 6.45) is 0. The third-order valence-electron chi connectivity index (χ3n) is 4.82. The van der Waals surface area contributed by atoms with Gasteiger partial charge < -0.3 is 15.0 Å². The van der Waals surface area contributed by atoms with Gasteiger partial charge in [-0.3, -0.25) is 4.90 Å². The minimum atomic E-state index is 0.0729. The van der Waals surface area contributed by atoms with Crippen LogP contribution >= 0.6 is 0 Å². The average Bonchev–Trinajstić information content (AvgIpc) is 2.35. The van der Waals surface area contributed by atoms with Crippen LogP contribution in [0.15, 0.2) is 18.2 Å². The molecule has 5 nitrogen and oxygen atoms in total. The molecule has 1 N–H and O–H groups in total. The number of carbonyl (C=O) groups is 1. The van der Waals surface area contributed by atoms with Crippen molar-refractivity contribution in [3.63, 3.8) is 0 Å². The number of benzene rings is 1. The van der Waals surface area contributed by atoms with Crippen LogP contribution in [-0.2, 0) is 0 Å². The first kappa shape index (κ1) is 13.0. The second-order valence-electron chi connectivity index (χ2n) is 6.74. The third-order valence-corrected chi connectivity index (χ3v) is 4.82. The van der Waals surface area contributed by atoms with Gasteiger partial charge in [-0.1, -0.05) is 6.07 Å². The number of aryl methyl sites for hydroxylation is 1. The second kappa shape index (κ2) is 4.37. The summed E-state index contributed by atoms with van der Waals surface area (Å²) in [5.41, 5.74) is 2.41. The van der Waals surface area contributed by atoms with Crippen LogP contribution in [0.5, 0.6) is 5.75 Å². The van der Waals surface area contributed by atoms with Crippen molar-refractivity contribution in [1.82, 2.24) is 10.2 Å². The predicted octanol–water partition coefficient (Wildman–Crippen LogP) is 1.61. The number of carbonyl (C=O) groups excluding carboxylic acids is 1.